The fourth-order valence-corrected chi connectivity index (χ4v) is 5.80. The van der Waals surface area contributed by atoms with Gasteiger partial charge < -0.3 is 16.2 Å². The maximum atomic E-state index is 13.2. The molecule has 9 nitrogen and oxygen atoms in total. The SMILES string of the molecule is Nc1cccc(C(NS(=O)(=O)c2ccccc2)OC(NS(=O)(=O)c2ccccc2)c2cccc(N)c2)c1. The Morgan fingerprint density at radius 2 is 0.919 bits per heavy atom. The molecule has 4 aromatic rings. The molecule has 0 heterocycles. The van der Waals surface area contributed by atoms with Gasteiger partial charge in [-0.3, -0.25) is 0 Å². The number of anilines is 2. The summed E-state index contributed by atoms with van der Waals surface area (Å²) < 4.78 is 64.0. The summed E-state index contributed by atoms with van der Waals surface area (Å²) in [6.07, 6.45) is -2.64. The Hall–Kier alpha value is -3.74. The third-order valence-electron chi connectivity index (χ3n) is 5.33. The van der Waals surface area contributed by atoms with E-state index in [9.17, 15) is 16.8 Å². The molecule has 2 atom stereocenters. The molecule has 0 aliphatic rings. The molecular formula is C26H26N4O5S2. The summed E-state index contributed by atoms with van der Waals surface area (Å²) in [6.45, 7) is 0. The number of benzene rings is 4. The molecule has 0 spiro atoms. The van der Waals surface area contributed by atoms with E-state index in [0.717, 1.165) is 0 Å². The van der Waals surface area contributed by atoms with Gasteiger partial charge >= 0.3 is 0 Å². The van der Waals surface area contributed by atoms with Crippen molar-refractivity contribution in [3.8, 4) is 0 Å². The first kappa shape index (κ1) is 26.3. The van der Waals surface area contributed by atoms with E-state index in [1.807, 2.05) is 0 Å². The lowest BCUT2D eigenvalue weighted by Gasteiger charge is -2.27. The molecule has 0 aromatic heterocycles. The lowest BCUT2D eigenvalue weighted by molar-refractivity contribution is -0.0274. The Balaban J connectivity index is 1.75. The molecule has 0 radical (unpaired) electrons. The van der Waals surface area contributed by atoms with Crippen molar-refractivity contribution in [1.82, 2.24) is 9.44 Å². The smallest absolute Gasteiger partial charge is 0.242 e. The van der Waals surface area contributed by atoms with Crippen LogP contribution in [0.25, 0.3) is 0 Å². The van der Waals surface area contributed by atoms with E-state index in [1.165, 1.54) is 24.3 Å². The van der Waals surface area contributed by atoms with Crippen LogP contribution >= 0.6 is 0 Å². The predicted octanol–water partition coefficient (Wildman–Crippen LogP) is 3.52. The number of nitrogens with one attached hydrogen (secondary N) is 2. The van der Waals surface area contributed by atoms with Gasteiger partial charge in [0.05, 0.1) is 9.79 Å². The Morgan fingerprint density at radius 3 is 1.27 bits per heavy atom. The summed E-state index contributed by atoms with van der Waals surface area (Å²) in [7, 11) is -8.14. The van der Waals surface area contributed by atoms with Crippen LogP contribution in [0, 0.1) is 0 Å². The maximum absolute atomic E-state index is 13.2. The summed E-state index contributed by atoms with van der Waals surface area (Å²) in [4.78, 5) is 0.0238. The molecule has 0 aliphatic heterocycles. The third kappa shape index (κ3) is 6.73. The number of nitrogen functional groups attached to an aromatic ring is 2. The van der Waals surface area contributed by atoms with E-state index in [-0.39, 0.29) is 9.79 Å². The average molecular weight is 539 g/mol. The Morgan fingerprint density at radius 1 is 0.541 bits per heavy atom. The van der Waals surface area contributed by atoms with Crippen molar-refractivity contribution in [3.63, 3.8) is 0 Å². The summed E-state index contributed by atoms with van der Waals surface area (Å²) in [5.74, 6) is 0. The van der Waals surface area contributed by atoms with Crippen molar-refractivity contribution in [2.75, 3.05) is 11.5 Å². The fraction of sp³-hybridized carbons (Fsp3) is 0.0769. The second-order valence-corrected chi connectivity index (χ2v) is 11.5. The molecule has 192 valence electrons. The molecule has 0 amide bonds. The third-order valence-corrected chi connectivity index (χ3v) is 8.16. The highest BCUT2D eigenvalue weighted by Gasteiger charge is 2.29. The van der Waals surface area contributed by atoms with Crippen molar-refractivity contribution >= 4 is 31.4 Å². The summed E-state index contributed by atoms with van der Waals surface area (Å²) >= 11 is 0. The lowest BCUT2D eigenvalue weighted by Crippen LogP contribution is -2.37. The van der Waals surface area contributed by atoms with Crippen molar-refractivity contribution in [1.29, 1.82) is 0 Å². The van der Waals surface area contributed by atoms with Crippen LogP contribution < -0.4 is 20.9 Å². The first-order valence-electron chi connectivity index (χ1n) is 11.2. The van der Waals surface area contributed by atoms with Crippen LogP contribution in [0.4, 0.5) is 11.4 Å². The standard InChI is InChI=1S/C26H26N4O5S2/c27-21-11-7-9-19(17-21)25(29-36(31,32)23-13-3-1-4-14-23)35-26(20-10-8-12-22(28)18-20)30-37(33,34)24-15-5-2-6-16-24/h1-18,25-26,29-30H,27-28H2. The van der Waals surface area contributed by atoms with Gasteiger partial charge in [-0.15, -0.1) is 0 Å². The molecule has 0 saturated heterocycles. The molecule has 0 aliphatic carbocycles. The topological polar surface area (TPSA) is 154 Å². The molecule has 11 heteroatoms. The van der Waals surface area contributed by atoms with E-state index in [2.05, 4.69) is 9.44 Å². The highest BCUT2D eigenvalue weighted by atomic mass is 32.2. The average Bonchev–Trinajstić information content (AvgIpc) is 2.89. The van der Waals surface area contributed by atoms with Gasteiger partial charge in [0.15, 0.2) is 0 Å². The van der Waals surface area contributed by atoms with Crippen molar-refractivity contribution in [2.24, 2.45) is 0 Å². The largest absolute Gasteiger partial charge is 0.399 e. The molecule has 37 heavy (non-hydrogen) atoms. The van der Waals surface area contributed by atoms with Gasteiger partial charge in [0.2, 0.25) is 20.0 Å². The van der Waals surface area contributed by atoms with Crippen LogP contribution in [0.1, 0.15) is 23.6 Å². The van der Waals surface area contributed by atoms with Gasteiger partial charge in [0.1, 0.15) is 12.5 Å². The highest BCUT2D eigenvalue weighted by Crippen LogP contribution is 2.29. The highest BCUT2D eigenvalue weighted by molar-refractivity contribution is 7.89. The van der Waals surface area contributed by atoms with Crippen LogP contribution in [-0.4, -0.2) is 16.8 Å². The zero-order chi connectivity index (χ0) is 26.5. The maximum Gasteiger partial charge on any atom is 0.242 e. The second-order valence-electron chi connectivity index (χ2n) is 8.11. The Bertz CT molecular complexity index is 1450. The number of hydrogen-bond donors (Lipinski definition) is 4. The minimum atomic E-state index is -4.07. The van der Waals surface area contributed by atoms with Gasteiger partial charge in [0, 0.05) is 11.4 Å². The van der Waals surface area contributed by atoms with E-state index in [0.29, 0.717) is 22.5 Å². The molecular weight excluding hydrogens is 512 g/mol. The van der Waals surface area contributed by atoms with Crippen LogP contribution in [0.2, 0.25) is 0 Å². The molecule has 0 bridgehead atoms. The van der Waals surface area contributed by atoms with Gasteiger partial charge in [0.25, 0.3) is 0 Å². The van der Waals surface area contributed by atoms with Crippen molar-refractivity contribution in [2.45, 2.75) is 22.2 Å². The lowest BCUT2D eigenvalue weighted by atomic mass is 10.1. The van der Waals surface area contributed by atoms with Crippen molar-refractivity contribution in [3.05, 3.63) is 120 Å². The van der Waals surface area contributed by atoms with Crippen LogP contribution in [0.15, 0.2) is 119 Å². The summed E-state index contributed by atoms with van der Waals surface area (Å²) in [6, 6.07) is 28.4. The zero-order valence-corrected chi connectivity index (χ0v) is 21.2. The molecule has 2 unspecified atom stereocenters. The van der Waals surface area contributed by atoms with Crippen molar-refractivity contribution < 1.29 is 21.6 Å². The molecule has 0 saturated carbocycles. The molecule has 6 N–H and O–H groups in total. The summed E-state index contributed by atoms with van der Waals surface area (Å²) in [5.41, 5.74) is 13.4. The number of rotatable bonds is 10. The second kappa shape index (κ2) is 11.1. The van der Waals surface area contributed by atoms with Crippen LogP contribution in [0.5, 0.6) is 0 Å². The monoisotopic (exact) mass is 538 g/mol. The molecule has 0 fully saturated rings. The quantitative estimate of drug-likeness (QED) is 0.178. The first-order valence-corrected chi connectivity index (χ1v) is 14.1. The van der Waals surface area contributed by atoms with E-state index in [1.54, 1.807) is 84.9 Å². The minimum Gasteiger partial charge on any atom is -0.399 e. The molecule has 4 rings (SSSR count). The van der Waals surface area contributed by atoms with Gasteiger partial charge in [-0.1, -0.05) is 60.7 Å². The van der Waals surface area contributed by atoms with Gasteiger partial charge in [-0.25, -0.2) is 16.8 Å². The van der Waals surface area contributed by atoms with Crippen LogP contribution in [-0.2, 0) is 24.8 Å². The van der Waals surface area contributed by atoms with E-state index >= 15 is 0 Å². The summed E-state index contributed by atoms with van der Waals surface area (Å²) in [5, 5.41) is 0. The Labute approximate surface area is 216 Å². The minimum absolute atomic E-state index is 0.0119. The number of hydrogen-bond acceptors (Lipinski definition) is 7. The van der Waals surface area contributed by atoms with E-state index < -0.39 is 32.5 Å². The molecule has 4 aromatic carbocycles. The fourth-order valence-electron chi connectivity index (χ4n) is 3.55. The number of ether oxygens (including phenoxy) is 1. The number of nitrogens with two attached hydrogens (primary N) is 2. The zero-order valence-electron chi connectivity index (χ0n) is 19.6. The normalized spacial score (nSPS) is 13.6. The van der Waals surface area contributed by atoms with Gasteiger partial charge in [-0.2, -0.15) is 9.44 Å². The van der Waals surface area contributed by atoms with Crippen LogP contribution in [0.3, 0.4) is 0 Å². The number of sulfonamides is 2. The first-order chi connectivity index (χ1) is 17.6. The Kier molecular flexibility index (Phi) is 7.91. The predicted molar refractivity (Wildman–Crippen MR) is 142 cm³/mol. The van der Waals surface area contributed by atoms with Gasteiger partial charge in [-0.05, 0) is 59.7 Å². The van der Waals surface area contributed by atoms with E-state index in [4.69, 9.17) is 16.2 Å².